The fraction of sp³-hybridized carbons (Fsp3) is 0.455. The minimum Gasteiger partial charge on any atom is -0.388 e. The largest absolute Gasteiger partial charge is 0.388 e. The van der Waals surface area contributed by atoms with Crippen molar-refractivity contribution in [2.75, 3.05) is 0 Å². The van der Waals surface area contributed by atoms with Crippen LogP contribution in [0, 0.1) is 11.7 Å². The van der Waals surface area contributed by atoms with Gasteiger partial charge in [0.25, 0.3) is 0 Å². The maximum Gasteiger partial charge on any atom is 0.142 e. The smallest absolute Gasteiger partial charge is 0.142 e. The van der Waals surface area contributed by atoms with Gasteiger partial charge in [-0.25, -0.2) is 4.39 Å². The Morgan fingerprint density at radius 3 is 2.86 bits per heavy atom. The summed E-state index contributed by atoms with van der Waals surface area (Å²) in [6, 6.07) is 4.56. The summed E-state index contributed by atoms with van der Waals surface area (Å²) in [7, 11) is 0. The summed E-state index contributed by atoms with van der Waals surface area (Å²) in [6.45, 7) is 0. The maximum absolute atomic E-state index is 13.0. The fourth-order valence-corrected chi connectivity index (χ4v) is 1.83. The van der Waals surface area contributed by atoms with E-state index >= 15 is 0 Å². The molecular formula is C11H12ClFO. The third kappa shape index (κ3) is 2.07. The van der Waals surface area contributed by atoms with Crippen molar-refractivity contribution in [2.45, 2.75) is 25.4 Å². The van der Waals surface area contributed by atoms with Gasteiger partial charge in [-0.1, -0.05) is 36.6 Å². The van der Waals surface area contributed by atoms with E-state index < -0.39 is 11.9 Å². The van der Waals surface area contributed by atoms with Gasteiger partial charge in [-0.3, -0.25) is 0 Å². The van der Waals surface area contributed by atoms with Crippen molar-refractivity contribution in [3.05, 3.63) is 34.6 Å². The van der Waals surface area contributed by atoms with E-state index in [2.05, 4.69) is 0 Å². The Kier molecular flexibility index (Phi) is 2.75. The zero-order valence-electron chi connectivity index (χ0n) is 7.71. The number of aliphatic hydroxyl groups excluding tert-OH is 1. The molecule has 1 aliphatic rings. The van der Waals surface area contributed by atoms with Crippen molar-refractivity contribution in [1.82, 2.24) is 0 Å². The average Bonchev–Trinajstić information content (AvgIpc) is 2.93. The molecule has 1 aromatic carbocycles. The van der Waals surface area contributed by atoms with Crippen molar-refractivity contribution < 1.29 is 9.50 Å². The van der Waals surface area contributed by atoms with Crippen LogP contribution >= 0.6 is 11.6 Å². The monoisotopic (exact) mass is 214 g/mol. The molecule has 0 amide bonds. The van der Waals surface area contributed by atoms with E-state index in [4.69, 9.17) is 11.6 Å². The van der Waals surface area contributed by atoms with Crippen molar-refractivity contribution in [3.63, 3.8) is 0 Å². The van der Waals surface area contributed by atoms with Gasteiger partial charge in [0.1, 0.15) is 5.82 Å². The molecule has 1 aromatic rings. The highest BCUT2D eigenvalue weighted by molar-refractivity contribution is 6.31. The molecule has 14 heavy (non-hydrogen) atoms. The van der Waals surface area contributed by atoms with Crippen LogP contribution in [0.1, 0.15) is 30.9 Å². The predicted molar refractivity (Wildman–Crippen MR) is 53.7 cm³/mol. The first-order chi connectivity index (χ1) is 6.68. The SMILES string of the molecule is OC(CC1CC1)c1cccc(F)c1Cl. The third-order valence-corrected chi connectivity index (χ3v) is 2.99. The molecule has 1 atom stereocenters. The molecule has 1 unspecified atom stereocenters. The zero-order valence-corrected chi connectivity index (χ0v) is 8.47. The summed E-state index contributed by atoms with van der Waals surface area (Å²) in [6.07, 6.45) is 2.42. The lowest BCUT2D eigenvalue weighted by atomic mass is 10.0. The Bertz CT molecular complexity index is 336. The molecule has 0 aromatic heterocycles. The molecule has 1 aliphatic carbocycles. The topological polar surface area (TPSA) is 20.2 Å². The second kappa shape index (κ2) is 3.87. The lowest BCUT2D eigenvalue weighted by Gasteiger charge is -2.12. The lowest BCUT2D eigenvalue weighted by molar-refractivity contribution is 0.160. The van der Waals surface area contributed by atoms with Crippen LogP contribution in [-0.2, 0) is 0 Å². The molecule has 0 saturated heterocycles. The number of hydrogen-bond acceptors (Lipinski definition) is 1. The molecule has 0 radical (unpaired) electrons. The molecule has 3 heteroatoms. The first-order valence-electron chi connectivity index (χ1n) is 4.80. The van der Waals surface area contributed by atoms with Crippen molar-refractivity contribution in [3.8, 4) is 0 Å². The number of hydrogen-bond donors (Lipinski definition) is 1. The van der Waals surface area contributed by atoms with Gasteiger partial charge in [-0.05, 0) is 18.4 Å². The fourth-order valence-electron chi connectivity index (χ4n) is 1.57. The molecule has 1 saturated carbocycles. The first-order valence-corrected chi connectivity index (χ1v) is 5.18. The van der Waals surface area contributed by atoms with E-state index in [0.29, 0.717) is 17.9 Å². The molecule has 2 rings (SSSR count). The maximum atomic E-state index is 13.0. The highest BCUT2D eigenvalue weighted by Crippen LogP contribution is 2.39. The first kappa shape index (κ1) is 9.94. The summed E-state index contributed by atoms with van der Waals surface area (Å²) < 4.78 is 13.0. The van der Waals surface area contributed by atoms with Crippen LogP contribution in [0.15, 0.2) is 18.2 Å². The summed E-state index contributed by atoms with van der Waals surface area (Å²) in [5, 5.41) is 9.84. The van der Waals surface area contributed by atoms with Gasteiger partial charge in [0, 0.05) is 5.56 Å². The third-order valence-electron chi connectivity index (χ3n) is 2.59. The Balaban J connectivity index is 2.16. The van der Waals surface area contributed by atoms with Gasteiger partial charge in [-0.15, -0.1) is 0 Å². The quantitative estimate of drug-likeness (QED) is 0.819. The number of rotatable bonds is 3. The number of aliphatic hydroxyl groups is 1. The summed E-state index contributed by atoms with van der Waals surface area (Å²) >= 11 is 5.76. The van der Waals surface area contributed by atoms with Gasteiger partial charge >= 0.3 is 0 Å². The second-order valence-corrected chi connectivity index (χ2v) is 4.22. The highest BCUT2D eigenvalue weighted by Gasteiger charge is 2.26. The van der Waals surface area contributed by atoms with Crippen LogP contribution in [0.25, 0.3) is 0 Å². The Morgan fingerprint density at radius 1 is 1.50 bits per heavy atom. The van der Waals surface area contributed by atoms with Gasteiger partial charge < -0.3 is 5.11 Å². The van der Waals surface area contributed by atoms with E-state index in [1.54, 1.807) is 12.1 Å². The molecule has 1 N–H and O–H groups in total. The van der Waals surface area contributed by atoms with Gasteiger partial charge in [0.05, 0.1) is 11.1 Å². The van der Waals surface area contributed by atoms with Crippen molar-refractivity contribution in [1.29, 1.82) is 0 Å². The van der Waals surface area contributed by atoms with E-state index in [-0.39, 0.29) is 5.02 Å². The van der Waals surface area contributed by atoms with E-state index in [1.807, 2.05) is 0 Å². The number of halogens is 2. The predicted octanol–water partition coefficient (Wildman–Crippen LogP) is 3.31. The van der Waals surface area contributed by atoms with Crippen LogP contribution in [0.2, 0.25) is 5.02 Å². The van der Waals surface area contributed by atoms with Crippen molar-refractivity contribution in [2.24, 2.45) is 5.92 Å². The van der Waals surface area contributed by atoms with Crippen LogP contribution in [-0.4, -0.2) is 5.11 Å². The second-order valence-electron chi connectivity index (χ2n) is 3.84. The normalized spacial score (nSPS) is 18.2. The molecule has 0 bridgehead atoms. The minimum atomic E-state index is -0.620. The standard InChI is InChI=1S/C11H12ClFO/c12-11-8(2-1-3-9(11)13)10(14)6-7-4-5-7/h1-3,7,10,14H,4-6H2. The molecular weight excluding hydrogens is 203 g/mol. The summed E-state index contributed by atoms with van der Waals surface area (Å²) in [5.41, 5.74) is 0.513. The van der Waals surface area contributed by atoms with Gasteiger partial charge in [0.15, 0.2) is 0 Å². The summed E-state index contributed by atoms with van der Waals surface area (Å²) in [4.78, 5) is 0. The molecule has 0 aliphatic heterocycles. The van der Waals surface area contributed by atoms with Gasteiger partial charge in [0.2, 0.25) is 0 Å². The molecule has 0 spiro atoms. The van der Waals surface area contributed by atoms with Crippen LogP contribution in [0.5, 0.6) is 0 Å². The summed E-state index contributed by atoms with van der Waals surface area (Å²) in [5.74, 6) is 0.142. The Morgan fingerprint density at radius 2 is 2.21 bits per heavy atom. The highest BCUT2D eigenvalue weighted by atomic mass is 35.5. The zero-order chi connectivity index (χ0) is 10.1. The van der Waals surface area contributed by atoms with E-state index in [9.17, 15) is 9.50 Å². The van der Waals surface area contributed by atoms with E-state index in [0.717, 1.165) is 0 Å². The lowest BCUT2D eigenvalue weighted by Crippen LogP contribution is -2.00. The molecule has 76 valence electrons. The van der Waals surface area contributed by atoms with Crippen LogP contribution in [0.3, 0.4) is 0 Å². The average molecular weight is 215 g/mol. The van der Waals surface area contributed by atoms with Crippen LogP contribution < -0.4 is 0 Å². The Hall–Kier alpha value is -0.600. The van der Waals surface area contributed by atoms with E-state index in [1.165, 1.54) is 18.9 Å². The van der Waals surface area contributed by atoms with Crippen LogP contribution in [0.4, 0.5) is 4.39 Å². The van der Waals surface area contributed by atoms with Gasteiger partial charge in [-0.2, -0.15) is 0 Å². The van der Waals surface area contributed by atoms with Crippen molar-refractivity contribution >= 4 is 11.6 Å². The molecule has 1 fully saturated rings. The molecule has 1 nitrogen and oxygen atoms in total. The molecule has 0 heterocycles. The minimum absolute atomic E-state index is 0.0562. The Labute approximate surface area is 87.5 Å². The number of benzene rings is 1.